The highest BCUT2D eigenvalue weighted by atomic mass is 16.5. The molecule has 2 aliphatic rings. The van der Waals surface area contributed by atoms with Crippen molar-refractivity contribution in [3.05, 3.63) is 65.3 Å². The van der Waals surface area contributed by atoms with Crippen molar-refractivity contribution in [2.45, 2.75) is 57.7 Å². The fraction of sp³-hybridized carbons (Fsp3) is 0.517. The zero-order valence-corrected chi connectivity index (χ0v) is 22.8. The molecule has 1 atom stereocenters. The van der Waals surface area contributed by atoms with E-state index < -0.39 is 16.6 Å². The van der Waals surface area contributed by atoms with Crippen LogP contribution in [0.15, 0.2) is 47.2 Å². The molecule has 0 radical (unpaired) electrons. The fourth-order valence-electron chi connectivity index (χ4n) is 6.04. The first kappa shape index (κ1) is 26.5. The summed E-state index contributed by atoms with van der Waals surface area (Å²) in [6.07, 6.45) is 3.99. The summed E-state index contributed by atoms with van der Waals surface area (Å²) in [5.74, 6) is 0.807. The molecule has 38 heavy (non-hydrogen) atoms. The van der Waals surface area contributed by atoms with Crippen LogP contribution in [0.1, 0.15) is 69.0 Å². The average molecular weight is 520 g/mol. The number of carbonyl (C=O) groups excluding carboxylic acids is 1. The number of pyridine rings is 1. The number of carbonyl (C=O) groups is 1. The summed E-state index contributed by atoms with van der Waals surface area (Å²) in [5, 5.41) is 27.8. The van der Waals surface area contributed by atoms with Gasteiger partial charge < -0.3 is 24.5 Å². The predicted molar refractivity (Wildman–Crippen MR) is 142 cm³/mol. The second-order valence-corrected chi connectivity index (χ2v) is 11.6. The maximum Gasteiger partial charge on any atom is 0.259 e. The summed E-state index contributed by atoms with van der Waals surface area (Å²) < 4.78 is 5.51. The van der Waals surface area contributed by atoms with E-state index in [4.69, 9.17) is 4.52 Å². The molecular formula is C29H37N5O4. The number of hydrogen-bond acceptors (Lipinski definition) is 8. The fourth-order valence-corrected chi connectivity index (χ4v) is 6.04. The molecule has 0 saturated carbocycles. The van der Waals surface area contributed by atoms with Gasteiger partial charge in [0, 0.05) is 74.9 Å². The molecule has 1 unspecified atom stereocenters. The first-order valence-electron chi connectivity index (χ1n) is 13.2. The largest absolute Gasteiger partial charge is 0.380 e. The molecular weight excluding hydrogens is 482 g/mol. The van der Waals surface area contributed by atoms with Gasteiger partial charge >= 0.3 is 0 Å². The van der Waals surface area contributed by atoms with E-state index in [0.29, 0.717) is 48.8 Å². The van der Waals surface area contributed by atoms with Crippen molar-refractivity contribution in [2.24, 2.45) is 5.41 Å². The molecule has 3 aromatic rings. The summed E-state index contributed by atoms with van der Waals surface area (Å²) >= 11 is 0. The maximum absolute atomic E-state index is 12.5. The van der Waals surface area contributed by atoms with Gasteiger partial charge in [-0.3, -0.25) is 9.78 Å². The molecule has 0 bridgehead atoms. The van der Waals surface area contributed by atoms with Gasteiger partial charge in [-0.1, -0.05) is 50.2 Å². The van der Waals surface area contributed by atoms with Crippen LogP contribution in [0.3, 0.4) is 0 Å². The highest BCUT2D eigenvalue weighted by molar-refractivity contribution is 5.73. The molecule has 2 saturated heterocycles. The van der Waals surface area contributed by atoms with Gasteiger partial charge in [-0.2, -0.15) is 4.98 Å². The van der Waals surface area contributed by atoms with Crippen molar-refractivity contribution in [3.8, 4) is 11.4 Å². The van der Waals surface area contributed by atoms with Gasteiger partial charge in [0.25, 0.3) is 5.89 Å². The van der Waals surface area contributed by atoms with Gasteiger partial charge in [-0.05, 0) is 30.2 Å². The van der Waals surface area contributed by atoms with Crippen LogP contribution in [0.4, 0.5) is 0 Å². The van der Waals surface area contributed by atoms with Crippen LogP contribution in [-0.4, -0.2) is 74.3 Å². The van der Waals surface area contributed by atoms with Gasteiger partial charge in [0.1, 0.15) is 11.2 Å². The van der Waals surface area contributed by atoms with E-state index in [1.165, 1.54) is 12.5 Å². The highest BCUT2D eigenvalue weighted by Crippen LogP contribution is 2.50. The zero-order valence-electron chi connectivity index (χ0n) is 22.8. The molecule has 2 aliphatic heterocycles. The summed E-state index contributed by atoms with van der Waals surface area (Å²) in [4.78, 5) is 24.5. The molecule has 4 heterocycles. The van der Waals surface area contributed by atoms with Crippen LogP contribution in [0, 0.1) is 5.41 Å². The normalized spacial score (nSPS) is 20.7. The lowest BCUT2D eigenvalue weighted by Crippen LogP contribution is -2.63. The van der Waals surface area contributed by atoms with Gasteiger partial charge in [0.15, 0.2) is 0 Å². The minimum atomic E-state index is -1.29. The summed E-state index contributed by atoms with van der Waals surface area (Å²) in [6, 6.07) is 10.1. The molecule has 1 aromatic carbocycles. The third-order valence-corrected chi connectivity index (χ3v) is 8.38. The van der Waals surface area contributed by atoms with E-state index in [1.807, 2.05) is 25.2 Å². The molecule has 9 heteroatoms. The lowest BCUT2D eigenvalue weighted by atomic mass is 9.62. The number of hydrogen-bond donors (Lipinski definition) is 2. The van der Waals surface area contributed by atoms with E-state index in [-0.39, 0.29) is 11.8 Å². The molecule has 5 rings (SSSR count). The van der Waals surface area contributed by atoms with Crippen molar-refractivity contribution in [1.29, 1.82) is 0 Å². The molecule has 9 nitrogen and oxygen atoms in total. The van der Waals surface area contributed by atoms with Crippen LogP contribution in [0.5, 0.6) is 0 Å². The minimum absolute atomic E-state index is 0.0150. The summed E-state index contributed by atoms with van der Waals surface area (Å²) in [6.45, 7) is 10.2. The van der Waals surface area contributed by atoms with Crippen LogP contribution in [-0.2, 0) is 16.0 Å². The zero-order chi connectivity index (χ0) is 27.3. The summed E-state index contributed by atoms with van der Waals surface area (Å²) in [7, 11) is 2.05. The molecule has 2 aromatic heterocycles. The van der Waals surface area contributed by atoms with Crippen molar-refractivity contribution < 1.29 is 19.5 Å². The number of piperidine rings is 1. The van der Waals surface area contributed by atoms with E-state index in [0.717, 1.165) is 18.7 Å². The Balaban J connectivity index is 1.49. The van der Waals surface area contributed by atoms with E-state index >= 15 is 0 Å². The van der Waals surface area contributed by atoms with Crippen molar-refractivity contribution in [3.63, 3.8) is 0 Å². The molecule has 2 fully saturated rings. The molecule has 1 amide bonds. The smallest absolute Gasteiger partial charge is 0.259 e. The number of benzene rings is 1. The van der Waals surface area contributed by atoms with Gasteiger partial charge in [-0.15, -0.1) is 0 Å². The Kier molecular flexibility index (Phi) is 6.65. The van der Waals surface area contributed by atoms with E-state index in [1.54, 1.807) is 17.3 Å². The first-order valence-corrected chi connectivity index (χ1v) is 13.2. The lowest BCUT2D eigenvalue weighted by Gasteiger charge is -2.55. The average Bonchev–Trinajstić information content (AvgIpc) is 3.39. The first-order chi connectivity index (χ1) is 17.9. The number of nitrogens with zero attached hydrogens (tertiary/aromatic N) is 5. The second-order valence-electron chi connectivity index (χ2n) is 11.6. The molecule has 2 N–H and O–H groups in total. The monoisotopic (exact) mass is 519 g/mol. The Bertz CT molecular complexity index is 1310. The van der Waals surface area contributed by atoms with Crippen molar-refractivity contribution >= 4 is 5.91 Å². The second kappa shape index (κ2) is 9.55. The Labute approximate surface area is 223 Å². The standard InChI is InChI=1S/C29H37N5O4/c1-19(2)21-6-8-23(9-7-21)29(37,27(4)17-33(5)18-27)24-14-22(15-30-16-24)25-31-26(38-32-25)28(36)10-12-34(13-11-28)20(3)35/h6-9,14-16,19,36-37H,10-13,17-18H2,1-5H3. The lowest BCUT2D eigenvalue weighted by molar-refractivity contribution is -0.134. The highest BCUT2D eigenvalue weighted by Gasteiger charge is 2.55. The summed E-state index contributed by atoms with van der Waals surface area (Å²) in [5.41, 5.74) is 0.275. The van der Waals surface area contributed by atoms with E-state index in [9.17, 15) is 15.0 Å². The third-order valence-electron chi connectivity index (χ3n) is 8.38. The van der Waals surface area contributed by atoms with Gasteiger partial charge in [-0.25, -0.2) is 0 Å². The number of aliphatic hydroxyl groups is 2. The SMILES string of the molecule is CC(=O)N1CCC(O)(c2nc(-c3cncc(C(O)(c4ccc(C(C)C)cc4)C4(C)CN(C)C4)c3)no2)CC1. The maximum atomic E-state index is 12.5. The topological polar surface area (TPSA) is 116 Å². The van der Waals surface area contributed by atoms with Crippen LogP contribution < -0.4 is 0 Å². The molecule has 0 aliphatic carbocycles. The van der Waals surface area contributed by atoms with Gasteiger partial charge in [0.05, 0.1) is 0 Å². The van der Waals surface area contributed by atoms with Crippen molar-refractivity contribution in [2.75, 3.05) is 33.2 Å². The quantitative estimate of drug-likeness (QED) is 0.510. The number of rotatable bonds is 6. The number of aromatic nitrogens is 3. The number of likely N-dealkylation sites (tertiary alicyclic amines) is 2. The Morgan fingerprint density at radius 2 is 1.76 bits per heavy atom. The van der Waals surface area contributed by atoms with Crippen LogP contribution in [0.2, 0.25) is 0 Å². The Hall–Kier alpha value is -3.14. The molecule has 0 spiro atoms. The van der Waals surface area contributed by atoms with Crippen LogP contribution >= 0.6 is 0 Å². The van der Waals surface area contributed by atoms with Crippen molar-refractivity contribution in [1.82, 2.24) is 24.9 Å². The minimum Gasteiger partial charge on any atom is -0.380 e. The van der Waals surface area contributed by atoms with Gasteiger partial charge in [0.2, 0.25) is 11.7 Å². The number of amides is 1. The molecule has 202 valence electrons. The predicted octanol–water partition coefficient (Wildman–Crippen LogP) is 3.27. The Morgan fingerprint density at radius 3 is 2.34 bits per heavy atom. The van der Waals surface area contributed by atoms with Crippen LogP contribution in [0.25, 0.3) is 11.4 Å². The Morgan fingerprint density at radius 1 is 1.11 bits per heavy atom. The van der Waals surface area contributed by atoms with E-state index in [2.05, 4.69) is 52.9 Å². The third kappa shape index (κ3) is 4.42.